The molecule has 0 spiro atoms. The van der Waals surface area contributed by atoms with Crippen molar-refractivity contribution >= 4 is 17.9 Å². The highest BCUT2D eigenvalue weighted by atomic mass is 16.6. The van der Waals surface area contributed by atoms with Crippen LogP contribution in [0.4, 0.5) is 0 Å². The highest BCUT2D eigenvalue weighted by Crippen LogP contribution is 2.17. The van der Waals surface area contributed by atoms with Crippen molar-refractivity contribution in [2.75, 3.05) is 13.2 Å². The van der Waals surface area contributed by atoms with Crippen LogP contribution in [0, 0.1) is 0 Å². The van der Waals surface area contributed by atoms with Gasteiger partial charge in [-0.1, -0.05) is 310 Å². The number of carbonyl (C=O) groups excluding carboxylic acids is 3. The van der Waals surface area contributed by atoms with E-state index in [0.29, 0.717) is 19.3 Å². The number of allylic oxidation sites excluding steroid dienone is 18. The van der Waals surface area contributed by atoms with Gasteiger partial charge in [0.15, 0.2) is 6.10 Å². The molecule has 0 aliphatic heterocycles. The van der Waals surface area contributed by atoms with E-state index < -0.39 is 6.10 Å². The lowest BCUT2D eigenvalue weighted by Crippen LogP contribution is -2.30. The fraction of sp³-hybridized carbons (Fsp3) is 0.727. The van der Waals surface area contributed by atoms with Crippen LogP contribution in [0.5, 0.6) is 0 Å². The summed E-state index contributed by atoms with van der Waals surface area (Å²) in [5, 5.41) is 0. The van der Waals surface area contributed by atoms with Gasteiger partial charge in [-0.2, -0.15) is 0 Å². The van der Waals surface area contributed by atoms with Crippen molar-refractivity contribution in [1.82, 2.24) is 0 Å². The minimum Gasteiger partial charge on any atom is -0.462 e. The second kappa shape index (κ2) is 70.6. The first-order valence-corrected chi connectivity index (χ1v) is 35.4. The molecular weight excluding hydrogens is 1020 g/mol. The molecule has 6 nitrogen and oxygen atoms in total. The molecule has 1 atom stereocenters. The number of unbranched alkanes of at least 4 members (excludes halogenated alkanes) is 35. The van der Waals surface area contributed by atoms with Crippen LogP contribution < -0.4 is 0 Å². The topological polar surface area (TPSA) is 78.9 Å². The van der Waals surface area contributed by atoms with E-state index >= 15 is 0 Å². The summed E-state index contributed by atoms with van der Waals surface area (Å²) in [6.45, 7) is 6.42. The number of hydrogen-bond donors (Lipinski definition) is 0. The van der Waals surface area contributed by atoms with Crippen molar-refractivity contribution in [3.8, 4) is 0 Å². The highest BCUT2D eigenvalue weighted by molar-refractivity contribution is 5.71. The standard InChI is InChI=1S/C77H132O6/c1-4-7-10-13-16-19-22-25-28-31-32-33-34-35-36-37-38-39-40-41-42-43-44-47-49-52-55-58-61-64-67-70-76(79)82-73-74(83-77(80)71-68-65-62-59-56-53-50-46-30-27-24-21-18-15-12-9-6-3)72-81-75(78)69-66-63-60-57-54-51-48-45-29-26-23-20-17-14-11-8-5-2/h7,9-10,12,16,18-19,21,25-30,32-33,50,53,74H,4-6,8,11,13-15,17,20,22-24,31,34-49,51-52,54-73H2,1-3H3/b10-7-,12-9-,19-16-,21-18-,28-25-,29-26-,30-27-,33-32-,53-50-. The number of rotatable bonds is 64. The Morgan fingerprint density at radius 3 is 0.747 bits per heavy atom. The number of ether oxygens (including phenoxy) is 3. The SMILES string of the molecule is CC/C=C\C/C=C\C/C=C\C/C=C\CCCCCCCCCCCCCCCCCCCCC(=O)OCC(COC(=O)CCCCCCCCC/C=C\CCCCCCCC)OC(=O)CCCCCC/C=C\C/C=C\C/C=C\C/C=C\CC. The number of carbonyl (C=O) groups is 3. The maximum Gasteiger partial charge on any atom is 0.306 e. The zero-order valence-corrected chi connectivity index (χ0v) is 54.7. The van der Waals surface area contributed by atoms with E-state index in [-0.39, 0.29) is 31.1 Å². The van der Waals surface area contributed by atoms with Gasteiger partial charge in [0.1, 0.15) is 13.2 Å². The van der Waals surface area contributed by atoms with E-state index in [1.54, 1.807) is 0 Å². The number of hydrogen-bond acceptors (Lipinski definition) is 6. The molecule has 0 fully saturated rings. The zero-order chi connectivity index (χ0) is 59.9. The lowest BCUT2D eigenvalue weighted by molar-refractivity contribution is -0.167. The quantitative estimate of drug-likeness (QED) is 0.0261. The number of esters is 3. The summed E-state index contributed by atoms with van der Waals surface area (Å²) < 4.78 is 17.0. The van der Waals surface area contributed by atoms with Crippen LogP contribution in [0.25, 0.3) is 0 Å². The van der Waals surface area contributed by atoms with Crippen molar-refractivity contribution in [3.05, 3.63) is 109 Å². The summed E-state index contributed by atoms with van der Waals surface area (Å²) in [6, 6.07) is 0. The van der Waals surface area contributed by atoms with Crippen LogP contribution in [0.3, 0.4) is 0 Å². The van der Waals surface area contributed by atoms with Gasteiger partial charge in [0, 0.05) is 19.3 Å². The van der Waals surface area contributed by atoms with Crippen molar-refractivity contribution < 1.29 is 28.6 Å². The Morgan fingerprint density at radius 1 is 0.253 bits per heavy atom. The monoisotopic (exact) mass is 1150 g/mol. The van der Waals surface area contributed by atoms with Gasteiger partial charge >= 0.3 is 17.9 Å². The molecule has 6 heteroatoms. The third-order valence-corrected chi connectivity index (χ3v) is 15.2. The Morgan fingerprint density at radius 2 is 0.470 bits per heavy atom. The summed E-state index contributed by atoms with van der Waals surface area (Å²) in [4.78, 5) is 38.4. The molecule has 0 aliphatic carbocycles. The maximum atomic E-state index is 12.9. The van der Waals surface area contributed by atoms with Crippen LogP contribution in [0.15, 0.2) is 109 Å². The lowest BCUT2D eigenvalue weighted by Gasteiger charge is -2.18. The van der Waals surface area contributed by atoms with E-state index in [4.69, 9.17) is 14.2 Å². The van der Waals surface area contributed by atoms with Crippen molar-refractivity contribution in [1.29, 1.82) is 0 Å². The van der Waals surface area contributed by atoms with E-state index in [2.05, 4.69) is 130 Å². The predicted octanol–water partition coefficient (Wildman–Crippen LogP) is 24.6. The Kier molecular flexibility index (Phi) is 67.2. The molecule has 0 radical (unpaired) electrons. The average Bonchev–Trinajstić information content (AvgIpc) is 3.49. The summed E-state index contributed by atoms with van der Waals surface area (Å²) in [6.07, 6.45) is 96.9. The molecule has 1 unspecified atom stereocenters. The van der Waals surface area contributed by atoms with Crippen LogP contribution in [0.2, 0.25) is 0 Å². The van der Waals surface area contributed by atoms with Gasteiger partial charge in [0.05, 0.1) is 0 Å². The molecule has 0 aromatic carbocycles. The van der Waals surface area contributed by atoms with Crippen molar-refractivity contribution in [2.24, 2.45) is 0 Å². The predicted molar refractivity (Wildman–Crippen MR) is 362 cm³/mol. The molecule has 0 heterocycles. The van der Waals surface area contributed by atoms with E-state index in [9.17, 15) is 14.4 Å². The molecule has 0 aliphatic rings. The summed E-state index contributed by atoms with van der Waals surface area (Å²) in [5.41, 5.74) is 0. The third kappa shape index (κ3) is 68.7. The van der Waals surface area contributed by atoms with E-state index in [0.717, 1.165) is 122 Å². The van der Waals surface area contributed by atoms with Crippen LogP contribution in [-0.4, -0.2) is 37.2 Å². The molecule has 0 rings (SSSR count). The van der Waals surface area contributed by atoms with Gasteiger partial charge in [-0.25, -0.2) is 0 Å². The largest absolute Gasteiger partial charge is 0.462 e. The first-order chi connectivity index (χ1) is 41.0. The first kappa shape index (κ1) is 79.1. The van der Waals surface area contributed by atoms with Gasteiger partial charge in [0.2, 0.25) is 0 Å². The van der Waals surface area contributed by atoms with Gasteiger partial charge < -0.3 is 14.2 Å². The minimum atomic E-state index is -0.794. The fourth-order valence-corrected chi connectivity index (χ4v) is 10.0. The summed E-state index contributed by atoms with van der Waals surface area (Å²) in [5.74, 6) is -0.901. The summed E-state index contributed by atoms with van der Waals surface area (Å²) >= 11 is 0. The molecule has 0 saturated heterocycles. The Labute approximate surface area is 514 Å². The molecule has 0 saturated carbocycles. The Balaban J connectivity index is 4.27. The van der Waals surface area contributed by atoms with Crippen LogP contribution in [0.1, 0.15) is 342 Å². The van der Waals surface area contributed by atoms with Gasteiger partial charge in [0.25, 0.3) is 0 Å². The maximum absolute atomic E-state index is 12.9. The molecule has 0 bridgehead atoms. The van der Waals surface area contributed by atoms with Crippen molar-refractivity contribution in [2.45, 2.75) is 348 Å². The minimum absolute atomic E-state index is 0.0871. The van der Waals surface area contributed by atoms with Crippen molar-refractivity contribution in [3.63, 3.8) is 0 Å². The van der Waals surface area contributed by atoms with Gasteiger partial charge in [-0.05, 0) is 122 Å². The Hall–Kier alpha value is -3.93. The smallest absolute Gasteiger partial charge is 0.306 e. The molecule has 0 N–H and O–H groups in total. The third-order valence-electron chi connectivity index (χ3n) is 15.2. The van der Waals surface area contributed by atoms with E-state index in [1.165, 1.54) is 180 Å². The highest BCUT2D eigenvalue weighted by Gasteiger charge is 2.19. The fourth-order valence-electron chi connectivity index (χ4n) is 10.0. The van der Waals surface area contributed by atoms with Crippen LogP contribution >= 0.6 is 0 Å². The lowest BCUT2D eigenvalue weighted by atomic mass is 10.0. The molecular formula is C77H132O6. The molecule has 476 valence electrons. The second-order valence-corrected chi connectivity index (χ2v) is 23.4. The van der Waals surface area contributed by atoms with Gasteiger partial charge in [-0.15, -0.1) is 0 Å². The average molecular weight is 1150 g/mol. The molecule has 0 aromatic rings. The second-order valence-electron chi connectivity index (χ2n) is 23.4. The summed E-state index contributed by atoms with van der Waals surface area (Å²) in [7, 11) is 0. The first-order valence-electron chi connectivity index (χ1n) is 35.4. The molecule has 83 heavy (non-hydrogen) atoms. The van der Waals surface area contributed by atoms with E-state index in [1.807, 2.05) is 0 Å². The zero-order valence-electron chi connectivity index (χ0n) is 54.7. The Bertz CT molecular complexity index is 1660. The van der Waals surface area contributed by atoms with Gasteiger partial charge in [-0.3, -0.25) is 14.4 Å². The van der Waals surface area contributed by atoms with Crippen LogP contribution in [-0.2, 0) is 28.6 Å². The molecule has 0 amide bonds. The normalized spacial score (nSPS) is 12.8. The molecule has 0 aromatic heterocycles.